The minimum Gasteiger partial charge on any atom is -0.497 e. The number of benzene rings is 3. The number of amides is 1. The molecule has 5 nitrogen and oxygen atoms in total. The van der Waals surface area contributed by atoms with E-state index in [0.29, 0.717) is 16.7 Å². The molecule has 0 radical (unpaired) electrons. The Morgan fingerprint density at radius 3 is 2.38 bits per heavy atom. The molecule has 1 heterocycles. The topological polar surface area (TPSA) is 59.9 Å². The van der Waals surface area contributed by atoms with Gasteiger partial charge in [0.15, 0.2) is 5.17 Å². The van der Waals surface area contributed by atoms with E-state index in [9.17, 15) is 4.79 Å². The lowest BCUT2D eigenvalue weighted by Crippen LogP contribution is -2.19. The SMILES string of the molecule is COc1ccc(N=C2NC(=O)/C(=C/c3cc(I)c(OCc4ccccc4)c(I)c3)S2)cc1. The summed E-state index contributed by atoms with van der Waals surface area (Å²) in [6.45, 7) is 0.511. The number of hydrogen-bond donors (Lipinski definition) is 1. The molecule has 32 heavy (non-hydrogen) atoms. The van der Waals surface area contributed by atoms with Crippen LogP contribution in [0.25, 0.3) is 6.08 Å². The number of carbonyl (C=O) groups excluding carboxylic acids is 1. The van der Waals surface area contributed by atoms with Crippen molar-refractivity contribution in [2.24, 2.45) is 4.99 Å². The van der Waals surface area contributed by atoms with Crippen molar-refractivity contribution < 1.29 is 14.3 Å². The zero-order valence-corrected chi connectivity index (χ0v) is 22.1. The summed E-state index contributed by atoms with van der Waals surface area (Å²) in [6.07, 6.45) is 1.88. The van der Waals surface area contributed by atoms with Gasteiger partial charge < -0.3 is 14.8 Å². The Bertz CT molecular complexity index is 1170. The van der Waals surface area contributed by atoms with Gasteiger partial charge in [0.1, 0.15) is 18.1 Å². The fourth-order valence-electron chi connectivity index (χ4n) is 2.94. The molecule has 1 fully saturated rings. The number of carbonyl (C=O) groups is 1. The Hall–Kier alpha value is -2.05. The molecule has 0 bridgehead atoms. The van der Waals surface area contributed by atoms with Crippen molar-refractivity contribution in [3.63, 3.8) is 0 Å². The predicted molar refractivity (Wildman–Crippen MR) is 146 cm³/mol. The van der Waals surface area contributed by atoms with Gasteiger partial charge in [-0.1, -0.05) is 30.3 Å². The van der Waals surface area contributed by atoms with Crippen LogP contribution in [0.4, 0.5) is 5.69 Å². The average molecular weight is 668 g/mol. The van der Waals surface area contributed by atoms with Gasteiger partial charge in [0.25, 0.3) is 5.91 Å². The molecule has 4 rings (SSSR count). The highest BCUT2D eigenvalue weighted by Crippen LogP contribution is 2.33. The Kier molecular flexibility index (Phi) is 7.74. The minimum atomic E-state index is -0.156. The fraction of sp³-hybridized carbons (Fsp3) is 0.0833. The molecule has 1 amide bonds. The first-order valence-electron chi connectivity index (χ1n) is 9.61. The van der Waals surface area contributed by atoms with Crippen molar-refractivity contribution in [1.82, 2.24) is 5.32 Å². The van der Waals surface area contributed by atoms with Crippen molar-refractivity contribution >= 4 is 79.8 Å². The molecule has 3 aromatic rings. The van der Waals surface area contributed by atoms with Crippen LogP contribution in [-0.4, -0.2) is 18.2 Å². The fourth-order valence-corrected chi connectivity index (χ4v) is 5.91. The van der Waals surface area contributed by atoms with Gasteiger partial charge in [0, 0.05) is 0 Å². The zero-order chi connectivity index (χ0) is 22.5. The van der Waals surface area contributed by atoms with Gasteiger partial charge in [0.2, 0.25) is 0 Å². The second-order valence-corrected chi connectivity index (χ2v) is 10.1. The molecule has 1 N–H and O–H groups in total. The third kappa shape index (κ3) is 5.84. The number of ether oxygens (including phenoxy) is 2. The van der Waals surface area contributed by atoms with Crippen LogP contribution >= 0.6 is 56.9 Å². The van der Waals surface area contributed by atoms with Gasteiger partial charge in [0.05, 0.1) is 24.8 Å². The number of amidine groups is 1. The van der Waals surface area contributed by atoms with E-state index in [2.05, 4.69) is 55.5 Å². The molecule has 162 valence electrons. The van der Waals surface area contributed by atoms with Crippen LogP contribution in [0.2, 0.25) is 0 Å². The molecule has 0 unspecified atom stereocenters. The van der Waals surface area contributed by atoms with Gasteiger partial charge in [-0.25, -0.2) is 4.99 Å². The molecule has 1 saturated heterocycles. The second kappa shape index (κ2) is 10.7. The largest absolute Gasteiger partial charge is 0.497 e. The van der Waals surface area contributed by atoms with Crippen LogP contribution in [0.5, 0.6) is 11.5 Å². The van der Waals surface area contributed by atoms with E-state index < -0.39 is 0 Å². The van der Waals surface area contributed by atoms with Gasteiger partial charge in [-0.05, 0) is 111 Å². The second-order valence-electron chi connectivity index (χ2n) is 6.77. The Balaban J connectivity index is 1.49. The number of nitrogens with zero attached hydrogens (tertiary/aromatic N) is 1. The summed E-state index contributed by atoms with van der Waals surface area (Å²) < 4.78 is 13.2. The van der Waals surface area contributed by atoms with Gasteiger partial charge in [-0.2, -0.15) is 0 Å². The highest BCUT2D eigenvalue weighted by molar-refractivity contribution is 14.1. The minimum absolute atomic E-state index is 0.156. The maximum absolute atomic E-state index is 12.4. The van der Waals surface area contributed by atoms with Crippen LogP contribution < -0.4 is 14.8 Å². The first-order chi connectivity index (χ1) is 15.5. The van der Waals surface area contributed by atoms with Crippen molar-refractivity contribution in [2.75, 3.05) is 7.11 Å². The lowest BCUT2D eigenvalue weighted by molar-refractivity contribution is -0.115. The molecule has 0 saturated carbocycles. The first-order valence-corrected chi connectivity index (χ1v) is 12.6. The smallest absolute Gasteiger partial charge is 0.264 e. The number of nitrogens with one attached hydrogen (secondary N) is 1. The summed E-state index contributed by atoms with van der Waals surface area (Å²) in [5, 5.41) is 3.38. The standard InChI is InChI=1S/C24H18I2N2O3S/c1-30-18-9-7-17(8-10-18)27-24-28-23(29)21(32-24)13-16-11-19(25)22(20(26)12-16)31-14-15-5-3-2-4-6-15/h2-13H,14H2,1H3,(H,27,28,29)/b21-13-. The summed E-state index contributed by atoms with van der Waals surface area (Å²) >= 11 is 5.87. The normalized spacial score (nSPS) is 15.8. The van der Waals surface area contributed by atoms with E-state index in [1.807, 2.05) is 72.8 Å². The predicted octanol–water partition coefficient (Wildman–Crippen LogP) is 6.38. The van der Waals surface area contributed by atoms with Crippen molar-refractivity contribution in [1.29, 1.82) is 0 Å². The number of hydrogen-bond acceptors (Lipinski definition) is 5. The van der Waals surface area contributed by atoms with Crippen LogP contribution in [0.3, 0.4) is 0 Å². The van der Waals surface area contributed by atoms with Crippen LogP contribution in [-0.2, 0) is 11.4 Å². The Morgan fingerprint density at radius 1 is 1.03 bits per heavy atom. The summed E-state index contributed by atoms with van der Waals surface area (Å²) in [5.41, 5.74) is 2.81. The lowest BCUT2D eigenvalue weighted by atomic mass is 10.2. The van der Waals surface area contributed by atoms with Gasteiger partial charge in [-0.3, -0.25) is 4.79 Å². The third-order valence-electron chi connectivity index (χ3n) is 4.50. The number of aliphatic imine (C=N–C) groups is 1. The molecule has 8 heteroatoms. The van der Waals surface area contributed by atoms with E-state index in [-0.39, 0.29) is 5.91 Å². The van der Waals surface area contributed by atoms with Crippen LogP contribution in [0, 0.1) is 7.14 Å². The first kappa shape index (κ1) is 23.1. The average Bonchev–Trinajstić information content (AvgIpc) is 3.12. The monoisotopic (exact) mass is 668 g/mol. The molecule has 0 aromatic heterocycles. The Labute approximate surface area is 218 Å². The summed E-state index contributed by atoms with van der Waals surface area (Å²) in [6, 6.07) is 21.5. The number of methoxy groups -OCH3 is 1. The molecule has 0 spiro atoms. The lowest BCUT2D eigenvalue weighted by Gasteiger charge is -2.11. The maximum Gasteiger partial charge on any atom is 0.264 e. The summed E-state index contributed by atoms with van der Waals surface area (Å²) in [7, 11) is 1.62. The van der Waals surface area contributed by atoms with Crippen LogP contribution in [0.1, 0.15) is 11.1 Å². The number of rotatable bonds is 6. The maximum atomic E-state index is 12.4. The Morgan fingerprint density at radius 2 is 1.72 bits per heavy atom. The van der Waals surface area contributed by atoms with Crippen LogP contribution in [0.15, 0.2) is 76.6 Å². The van der Waals surface area contributed by atoms with Crippen molar-refractivity contribution in [2.45, 2.75) is 6.61 Å². The number of halogens is 2. The molecule has 3 aromatic carbocycles. The molecule has 0 aliphatic carbocycles. The zero-order valence-electron chi connectivity index (χ0n) is 17.0. The van der Waals surface area contributed by atoms with E-state index in [4.69, 9.17) is 9.47 Å². The molecule has 0 atom stereocenters. The third-order valence-corrected chi connectivity index (χ3v) is 7.01. The molecular formula is C24H18I2N2O3S. The van der Waals surface area contributed by atoms with E-state index in [1.54, 1.807) is 7.11 Å². The highest BCUT2D eigenvalue weighted by Gasteiger charge is 2.24. The van der Waals surface area contributed by atoms with E-state index in [1.165, 1.54) is 11.8 Å². The van der Waals surface area contributed by atoms with E-state index in [0.717, 1.165) is 35.5 Å². The summed E-state index contributed by atoms with van der Waals surface area (Å²) in [4.78, 5) is 17.6. The van der Waals surface area contributed by atoms with Crippen molar-refractivity contribution in [3.8, 4) is 11.5 Å². The molecule has 1 aliphatic heterocycles. The van der Waals surface area contributed by atoms with E-state index >= 15 is 0 Å². The number of thioether (sulfide) groups is 1. The highest BCUT2D eigenvalue weighted by atomic mass is 127. The summed E-state index contributed by atoms with van der Waals surface area (Å²) in [5.74, 6) is 1.46. The van der Waals surface area contributed by atoms with Gasteiger partial charge >= 0.3 is 0 Å². The molecule has 1 aliphatic rings. The quantitative estimate of drug-likeness (QED) is 0.245. The molecular weight excluding hydrogens is 650 g/mol. The van der Waals surface area contributed by atoms with Crippen molar-refractivity contribution in [3.05, 3.63) is 89.9 Å². The van der Waals surface area contributed by atoms with Gasteiger partial charge in [-0.15, -0.1) is 0 Å².